The average molecular weight is 152 g/mol. The molecule has 11 heavy (non-hydrogen) atoms. The van der Waals surface area contributed by atoms with E-state index in [0.29, 0.717) is 5.92 Å². The summed E-state index contributed by atoms with van der Waals surface area (Å²) in [5.41, 5.74) is 0. The van der Waals surface area contributed by atoms with Gasteiger partial charge in [0.25, 0.3) is 0 Å². The van der Waals surface area contributed by atoms with Crippen molar-refractivity contribution in [2.75, 3.05) is 0 Å². The third kappa shape index (κ3) is 4.09. The highest BCUT2D eigenvalue weighted by Crippen LogP contribution is 2.20. The van der Waals surface area contributed by atoms with Crippen molar-refractivity contribution in [3.63, 3.8) is 0 Å². The van der Waals surface area contributed by atoms with Gasteiger partial charge in [-0.15, -0.1) is 12.3 Å². The topological polar surface area (TPSA) is 0 Å². The molecule has 0 aliphatic carbocycles. The van der Waals surface area contributed by atoms with E-state index in [1.54, 1.807) is 0 Å². The Morgan fingerprint density at radius 3 is 2.36 bits per heavy atom. The van der Waals surface area contributed by atoms with Gasteiger partial charge < -0.3 is 0 Å². The average Bonchev–Trinajstić information content (AvgIpc) is 2.05. The van der Waals surface area contributed by atoms with E-state index in [2.05, 4.69) is 26.7 Å². The molecule has 0 aromatic rings. The van der Waals surface area contributed by atoms with Gasteiger partial charge in [-0.3, -0.25) is 0 Å². The molecular formula is C11H20. The Labute approximate surface area is 71.4 Å². The van der Waals surface area contributed by atoms with Crippen molar-refractivity contribution in [2.24, 2.45) is 11.8 Å². The lowest BCUT2D eigenvalue weighted by molar-refractivity contribution is 0.377. The maximum atomic E-state index is 5.37. The smallest absolute Gasteiger partial charge is 0.0200 e. The first-order valence-corrected chi connectivity index (χ1v) is 4.72. The van der Waals surface area contributed by atoms with E-state index in [1.807, 2.05) is 0 Å². The van der Waals surface area contributed by atoms with Crippen LogP contribution in [0.15, 0.2) is 0 Å². The Hall–Kier alpha value is -0.440. The predicted molar refractivity (Wildman–Crippen MR) is 51.3 cm³/mol. The Morgan fingerprint density at radius 2 is 2.00 bits per heavy atom. The fourth-order valence-electron chi connectivity index (χ4n) is 1.41. The van der Waals surface area contributed by atoms with Crippen LogP contribution in [0.5, 0.6) is 0 Å². The van der Waals surface area contributed by atoms with Crippen LogP contribution in [-0.2, 0) is 0 Å². The van der Waals surface area contributed by atoms with Gasteiger partial charge in [-0.2, -0.15) is 0 Å². The van der Waals surface area contributed by atoms with Crippen LogP contribution in [0.2, 0.25) is 0 Å². The molecule has 0 radical (unpaired) electrons. The molecule has 0 aliphatic rings. The van der Waals surface area contributed by atoms with E-state index in [0.717, 1.165) is 5.92 Å². The zero-order valence-electron chi connectivity index (χ0n) is 8.06. The lowest BCUT2D eigenvalue weighted by Gasteiger charge is -2.17. The van der Waals surface area contributed by atoms with Crippen molar-refractivity contribution < 1.29 is 0 Å². The minimum Gasteiger partial charge on any atom is -0.120 e. The second kappa shape index (κ2) is 6.28. The zero-order chi connectivity index (χ0) is 8.69. The summed E-state index contributed by atoms with van der Waals surface area (Å²) in [6.45, 7) is 6.62. The fraction of sp³-hybridized carbons (Fsp3) is 0.818. The minimum atomic E-state index is 0.464. The van der Waals surface area contributed by atoms with Crippen LogP contribution < -0.4 is 0 Å². The molecule has 2 atom stereocenters. The lowest BCUT2D eigenvalue weighted by atomic mass is 9.88. The molecule has 0 saturated carbocycles. The van der Waals surface area contributed by atoms with E-state index < -0.39 is 0 Å². The second-order valence-corrected chi connectivity index (χ2v) is 3.27. The van der Waals surface area contributed by atoms with Crippen LogP contribution in [0, 0.1) is 24.2 Å². The van der Waals surface area contributed by atoms with Crippen LogP contribution in [0.25, 0.3) is 0 Å². The van der Waals surface area contributed by atoms with Gasteiger partial charge in [-0.25, -0.2) is 0 Å². The van der Waals surface area contributed by atoms with E-state index in [-0.39, 0.29) is 0 Å². The molecule has 0 spiro atoms. The lowest BCUT2D eigenvalue weighted by Crippen LogP contribution is -2.08. The van der Waals surface area contributed by atoms with Gasteiger partial charge >= 0.3 is 0 Å². The summed E-state index contributed by atoms with van der Waals surface area (Å²) in [5.74, 6) is 4.04. The molecule has 0 aromatic heterocycles. The third-order valence-electron chi connectivity index (χ3n) is 2.42. The molecule has 2 unspecified atom stereocenters. The van der Waals surface area contributed by atoms with Gasteiger partial charge in [0.15, 0.2) is 0 Å². The van der Waals surface area contributed by atoms with Crippen LogP contribution in [-0.4, -0.2) is 0 Å². The fourth-order valence-corrected chi connectivity index (χ4v) is 1.41. The number of hydrogen-bond acceptors (Lipinski definition) is 0. The molecule has 0 amide bonds. The van der Waals surface area contributed by atoms with Gasteiger partial charge in [0.2, 0.25) is 0 Å². The summed E-state index contributed by atoms with van der Waals surface area (Å²) in [6.07, 6.45) is 10.5. The predicted octanol–water partition coefficient (Wildman–Crippen LogP) is 3.47. The summed E-state index contributed by atoms with van der Waals surface area (Å²) in [5, 5.41) is 0. The Bertz CT molecular complexity index is 118. The molecule has 64 valence electrons. The molecule has 0 saturated heterocycles. The van der Waals surface area contributed by atoms with E-state index in [1.165, 1.54) is 25.7 Å². The molecule has 0 bridgehead atoms. The molecule has 0 fully saturated rings. The summed E-state index contributed by atoms with van der Waals surface area (Å²) in [7, 11) is 0. The van der Waals surface area contributed by atoms with E-state index >= 15 is 0 Å². The van der Waals surface area contributed by atoms with Gasteiger partial charge in [0.1, 0.15) is 0 Å². The van der Waals surface area contributed by atoms with Crippen molar-refractivity contribution >= 4 is 0 Å². The van der Waals surface area contributed by atoms with Crippen molar-refractivity contribution in [1.82, 2.24) is 0 Å². The van der Waals surface area contributed by atoms with Crippen LogP contribution in [0.4, 0.5) is 0 Å². The van der Waals surface area contributed by atoms with Gasteiger partial charge in [0, 0.05) is 5.92 Å². The highest BCUT2D eigenvalue weighted by Gasteiger charge is 2.11. The molecule has 0 rings (SSSR count). The van der Waals surface area contributed by atoms with E-state index in [4.69, 9.17) is 6.42 Å². The number of terminal acetylenes is 1. The van der Waals surface area contributed by atoms with Gasteiger partial charge in [-0.05, 0) is 12.3 Å². The van der Waals surface area contributed by atoms with Gasteiger partial charge in [-0.1, -0.05) is 40.0 Å². The molecule has 0 heteroatoms. The largest absolute Gasteiger partial charge is 0.120 e. The highest BCUT2D eigenvalue weighted by molar-refractivity contribution is 4.93. The maximum absolute atomic E-state index is 5.37. The standard InChI is InChI=1S/C11H20/c1-5-8-9-11(7-3)10(4)6-2/h2,10-11H,5,7-9H2,1,3-4H3. The molecule has 0 aliphatic heterocycles. The van der Waals surface area contributed by atoms with Gasteiger partial charge in [0.05, 0.1) is 0 Å². The van der Waals surface area contributed by atoms with Crippen molar-refractivity contribution in [1.29, 1.82) is 0 Å². The Balaban J connectivity index is 3.67. The van der Waals surface area contributed by atoms with Crippen molar-refractivity contribution in [2.45, 2.75) is 46.5 Å². The Kier molecular flexibility index (Phi) is 6.03. The number of hydrogen-bond donors (Lipinski definition) is 0. The molecular weight excluding hydrogens is 132 g/mol. The molecule has 0 aromatic carbocycles. The minimum absolute atomic E-state index is 0.464. The van der Waals surface area contributed by atoms with Crippen LogP contribution >= 0.6 is 0 Å². The normalized spacial score (nSPS) is 15.5. The van der Waals surface area contributed by atoms with Crippen LogP contribution in [0.1, 0.15) is 46.5 Å². The zero-order valence-corrected chi connectivity index (χ0v) is 8.06. The highest BCUT2D eigenvalue weighted by atomic mass is 14.2. The molecule has 0 heterocycles. The van der Waals surface area contributed by atoms with E-state index in [9.17, 15) is 0 Å². The summed E-state index contributed by atoms with van der Waals surface area (Å²) in [4.78, 5) is 0. The van der Waals surface area contributed by atoms with Crippen molar-refractivity contribution in [3.8, 4) is 12.3 Å². The first-order chi connectivity index (χ1) is 5.26. The number of unbranched alkanes of at least 4 members (excludes halogenated alkanes) is 1. The van der Waals surface area contributed by atoms with Crippen LogP contribution in [0.3, 0.4) is 0 Å². The monoisotopic (exact) mass is 152 g/mol. The third-order valence-corrected chi connectivity index (χ3v) is 2.42. The molecule has 0 N–H and O–H groups in total. The summed E-state index contributed by atoms with van der Waals surface area (Å²) in [6, 6.07) is 0. The second-order valence-electron chi connectivity index (χ2n) is 3.27. The first kappa shape index (κ1) is 10.6. The van der Waals surface area contributed by atoms with Crippen molar-refractivity contribution in [3.05, 3.63) is 0 Å². The SMILES string of the molecule is C#CC(C)C(CC)CCCC. The summed E-state index contributed by atoms with van der Waals surface area (Å²) < 4.78 is 0. The first-order valence-electron chi connectivity index (χ1n) is 4.72. The molecule has 0 nitrogen and oxygen atoms in total. The summed E-state index contributed by atoms with van der Waals surface area (Å²) >= 11 is 0. The maximum Gasteiger partial charge on any atom is 0.0200 e. The number of rotatable bonds is 5. The Morgan fingerprint density at radius 1 is 1.36 bits per heavy atom. The quantitative estimate of drug-likeness (QED) is 0.529.